The molecule has 0 saturated carbocycles. The fourth-order valence-electron chi connectivity index (χ4n) is 2.50. The van der Waals surface area contributed by atoms with E-state index >= 15 is 0 Å². The maximum Gasteiger partial charge on any atom is 0.177 e. The molecule has 0 N–H and O–H groups in total. The van der Waals surface area contributed by atoms with Gasteiger partial charge in [0.15, 0.2) is 5.78 Å². The van der Waals surface area contributed by atoms with E-state index in [2.05, 4.69) is 18.7 Å². The predicted molar refractivity (Wildman–Crippen MR) is 83.8 cm³/mol. The summed E-state index contributed by atoms with van der Waals surface area (Å²) in [6.45, 7) is 10.7. The van der Waals surface area contributed by atoms with E-state index < -0.39 is 0 Å². The summed E-state index contributed by atoms with van der Waals surface area (Å²) in [5.41, 5.74) is 2.82. The largest absolute Gasteiger partial charge is 0.496 e. The molecule has 0 aliphatic carbocycles. The molecule has 1 aromatic rings. The van der Waals surface area contributed by atoms with Crippen LogP contribution in [0.1, 0.15) is 48.2 Å². The highest BCUT2D eigenvalue weighted by molar-refractivity contribution is 5.99. The number of methoxy groups -OCH3 is 1. The zero-order valence-corrected chi connectivity index (χ0v) is 13.5. The first-order chi connectivity index (χ1) is 9.53. The van der Waals surface area contributed by atoms with E-state index in [1.165, 1.54) is 0 Å². The van der Waals surface area contributed by atoms with Gasteiger partial charge < -0.3 is 4.74 Å². The van der Waals surface area contributed by atoms with Gasteiger partial charge in [-0.2, -0.15) is 0 Å². The van der Waals surface area contributed by atoms with Crippen LogP contribution in [0.15, 0.2) is 12.1 Å². The molecule has 1 rings (SSSR count). The number of nitrogens with zero attached hydrogens (tertiary/aromatic N) is 1. The molecule has 3 heteroatoms. The molecular formula is C17H27NO2. The average molecular weight is 277 g/mol. The van der Waals surface area contributed by atoms with Gasteiger partial charge in [0.2, 0.25) is 0 Å². The molecule has 0 spiro atoms. The maximum atomic E-state index is 12.5. The molecule has 0 aliphatic heterocycles. The summed E-state index contributed by atoms with van der Waals surface area (Å²) in [6.07, 6.45) is 2.15. The molecular weight excluding hydrogens is 250 g/mol. The van der Waals surface area contributed by atoms with Crippen LogP contribution in [0.25, 0.3) is 0 Å². The molecule has 0 radical (unpaired) electrons. The minimum atomic E-state index is 0.204. The second kappa shape index (κ2) is 8.05. The standard InChI is InChI=1S/C17H27NO2/c1-6-8-18(9-7-2)12-16(19)15-10-14(4)17(20-5)11-13(15)3/h10-11H,6-9,12H2,1-5H3. The summed E-state index contributed by atoms with van der Waals surface area (Å²) < 4.78 is 5.30. The van der Waals surface area contributed by atoms with E-state index in [1.54, 1.807) is 7.11 Å². The van der Waals surface area contributed by atoms with Crippen LogP contribution in [0.5, 0.6) is 5.75 Å². The Morgan fingerprint density at radius 1 is 1.10 bits per heavy atom. The van der Waals surface area contributed by atoms with E-state index in [-0.39, 0.29) is 5.78 Å². The van der Waals surface area contributed by atoms with E-state index in [9.17, 15) is 4.79 Å². The van der Waals surface area contributed by atoms with E-state index in [0.29, 0.717) is 6.54 Å². The van der Waals surface area contributed by atoms with Gasteiger partial charge in [-0.15, -0.1) is 0 Å². The van der Waals surface area contributed by atoms with Gasteiger partial charge in [0.25, 0.3) is 0 Å². The minimum Gasteiger partial charge on any atom is -0.496 e. The minimum absolute atomic E-state index is 0.204. The van der Waals surface area contributed by atoms with Gasteiger partial charge in [0, 0.05) is 5.56 Å². The number of carbonyl (C=O) groups is 1. The molecule has 0 aromatic heterocycles. The van der Waals surface area contributed by atoms with Crippen molar-refractivity contribution >= 4 is 5.78 Å². The molecule has 3 nitrogen and oxygen atoms in total. The molecule has 0 atom stereocenters. The fourth-order valence-corrected chi connectivity index (χ4v) is 2.50. The van der Waals surface area contributed by atoms with Crippen molar-refractivity contribution in [2.75, 3.05) is 26.7 Å². The molecule has 1 aromatic carbocycles. The number of hydrogen-bond donors (Lipinski definition) is 0. The molecule has 0 bridgehead atoms. The molecule has 0 fully saturated rings. The Balaban J connectivity index is 2.88. The lowest BCUT2D eigenvalue weighted by atomic mass is 10.0. The van der Waals surface area contributed by atoms with Gasteiger partial charge in [-0.05, 0) is 63.0 Å². The van der Waals surface area contributed by atoms with Crippen molar-refractivity contribution in [3.8, 4) is 5.75 Å². The highest BCUT2D eigenvalue weighted by Gasteiger charge is 2.15. The summed E-state index contributed by atoms with van der Waals surface area (Å²) in [7, 11) is 1.66. The average Bonchev–Trinajstić information content (AvgIpc) is 2.41. The maximum absolute atomic E-state index is 12.5. The van der Waals surface area contributed by atoms with Crippen LogP contribution in [0.3, 0.4) is 0 Å². The fraction of sp³-hybridized carbons (Fsp3) is 0.588. The number of rotatable bonds is 8. The van der Waals surface area contributed by atoms with Gasteiger partial charge in [-0.1, -0.05) is 13.8 Å². The summed E-state index contributed by atoms with van der Waals surface area (Å²) in [5, 5.41) is 0. The van der Waals surface area contributed by atoms with Crippen LogP contribution >= 0.6 is 0 Å². The first kappa shape index (κ1) is 16.7. The van der Waals surface area contributed by atoms with Crippen LogP contribution in [-0.2, 0) is 0 Å². The first-order valence-electron chi connectivity index (χ1n) is 7.44. The third-order valence-corrected chi connectivity index (χ3v) is 3.49. The second-order valence-electron chi connectivity index (χ2n) is 5.34. The molecule has 0 aliphatic rings. The van der Waals surface area contributed by atoms with Crippen LogP contribution in [-0.4, -0.2) is 37.4 Å². The number of carbonyl (C=O) groups excluding carboxylic acids is 1. The Labute approximate surface area is 122 Å². The Morgan fingerprint density at radius 3 is 2.20 bits per heavy atom. The number of ketones is 1. The van der Waals surface area contributed by atoms with E-state index in [4.69, 9.17) is 4.74 Å². The zero-order valence-electron chi connectivity index (χ0n) is 13.5. The summed E-state index contributed by atoms with van der Waals surface area (Å²) in [4.78, 5) is 14.7. The Kier molecular flexibility index (Phi) is 6.73. The van der Waals surface area contributed by atoms with Crippen LogP contribution in [0, 0.1) is 13.8 Å². The normalized spacial score (nSPS) is 10.9. The van der Waals surface area contributed by atoms with Crippen molar-refractivity contribution in [3.63, 3.8) is 0 Å². The lowest BCUT2D eigenvalue weighted by molar-refractivity contribution is 0.0930. The monoisotopic (exact) mass is 277 g/mol. The highest BCUT2D eigenvalue weighted by Crippen LogP contribution is 2.23. The number of aryl methyl sites for hydroxylation is 2. The number of ether oxygens (including phenoxy) is 1. The first-order valence-corrected chi connectivity index (χ1v) is 7.44. The lowest BCUT2D eigenvalue weighted by Crippen LogP contribution is -2.31. The van der Waals surface area contributed by atoms with Gasteiger partial charge >= 0.3 is 0 Å². The van der Waals surface area contributed by atoms with Gasteiger partial charge in [-0.3, -0.25) is 9.69 Å². The number of Topliss-reactive ketones (excluding diaryl/α,β-unsaturated/α-hetero) is 1. The number of benzene rings is 1. The molecule has 20 heavy (non-hydrogen) atoms. The third kappa shape index (κ3) is 4.34. The number of hydrogen-bond acceptors (Lipinski definition) is 3. The summed E-state index contributed by atoms with van der Waals surface area (Å²) >= 11 is 0. The smallest absolute Gasteiger partial charge is 0.177 e. The second-order valence-corrected chi connectivity index (χ2v) is 5.34. The predicted octanol–water partition coefficient (Wildman–Crippen LogP) is 3.62. The van der Waals surface area contributed by atoms with Crippen LogP contribution < -0.4 is 4.74 Å². The van der Waals surface area contributed by atoms with Crippen molar-refractivity contribution in [1.82, 2.24) is 4.90 Å². The van der Waals surface area contributed by atoms with Gasteiger partial charge in [0.05, 0.1) is 13.7 Å². The quantitative estimate of drug-likeness (QED) is 0.680. The highest BCUT2D eigenvalue weighted by atomic mass is 16.5. The van der Waals surface area contributed by atoms with Crippen LogP contribution in [0.2, 0.25) is 0 Å². The van der Waals surface area contributed by atoms with Gasteiger partial charge in [0.1, 0.15) is 5.75 Å². The van der Waals surface area contributed by atoms with Crippen molar-refractivity contribution in [2.45, 2.75) is 40.5 Å². The summed E-state index contributed by atoms with van der Waals surface area (Å²) in [5.74, 6) is 1.05. The van der Waals surface area contributed by atoms with E-state index in [0.717, 1.165) is 48.4 Å². The Hall–Kier alpha value is -1.35. The Bertz CT molecular complexity index is 449. The summed E-state index contributed by atoms with van der Waals surface area (Å²) in [6, 6.07) is 3.90. The topological polar surface area (TPSA) is 29.5 Å². The molecule has 0 heterocycles. The third-order valence-electron chi connectivity index (χ3n) is 3.49. The molecule has 0 unspecified atom stereocenters. The van der Waals surface area contributed by atoms with Crippen LogP contribution in [0.4, 0.5) is 0 Å². The zero-order chi connectivity index (χ0) is 15.1. The SMILES string of the molecule is CCCN(CCC)CC(=O)c1cc(C)c(OC)cc1C. The van der Waals surface area contributed by atoms with Crippen molar-refractivity contribution in [2.24, 2.45) is 0 Å². The molecule has 112 valence electrons. The molecule has 0 amide bonds. The molecule has 0 saturated heterocycles. The Morgan fingerprint density at radius 2 is 1.70 bits per heavy atom. The van der Waals surface area contributed by atoms with Crippen molar-refractivity contribution in [3.05, 3.63) is 28.8 Å². The van der Waals surface area contributed by atoms with Gasteiger partial charge in [-0.25, -0.2) is 0 Å². The van der Waals surface area contributed by atoms with E-state index in [1.807, 2.05) is 26.0 Å². The van der Waals surface area contributed by atoms with Crippen molar-refractivity contribution in [1.29, 1.82) is 0 Å². The van der Waals surface area contributed by atoms with Crippen molar-refractivity contribution < 1.29 is 9.53 Å². The lowest BCUT2D eigenvalue weighted by Gasteiger charge is -2.20.